The maximum absolute atomic E-state index is 6.71. The highest BCUT2D eigenvalue weighted by atomic mass is 31.2. The van der Waals surface area contributed by atoms with Crippen molar-refractivity contribution in [1.82, 2.24) is 0 Å². The van der Waals surface area contributed by atoms with E-state index in [9.17, 15) is 0 Å². The Labute approximate surface area is 277 Å². The molecule has 0 saturated carbocycles. The van der Waals surface area contributed by atoms with Gasteiger partial charge in [0.25, 0.3) is 0 Å². The molecule has 0 aliphatic carbocycles. The van der Waals surface area contributed by atoms with Crippen molar-refractivity contribution < 1.29 is 32.5 Å². The zero-order chi connectivity index (χ0) is 32.1. The summed E-state index contributed by atoms with van der Waals surface area (Å²) in [7, 11) is -1.98. The summed E-state index contributed by atoms with van der Waals surface area (Å²) in [5, 5.41) is 0. The Bertz CT molecular complexity index is 1540. The molecule has 242 valence electrons. The lowest BCUT2D eigenvalue weighted by molar-refractivity contribution is -0.301. The zero-order valence-electron chi connectivity index (χ0n) is 26.2. The van der Waals surface area contributed by atoms with E-state index in [2.05, 4.69) is 0 Å². The van der Waals surface area contributed by atoms with Crippen molar-refractivity contribution in [2.75, 3.05) is 0 Å². The van der Waals surface area contributed by atoms with Crippen LogP contribution in [0.2, 0.25) is 0 Å². The molecule has 7 nitrogen and oxygen atoms in total. The highest BCUT2D eigenvalue weighted by molar-refractivity contribution is 7.42. The SMILES string of the molecule is C[C@@H]1O[C@H](OP(Oc2ccccc2)Oc2ccccc2)[C@@H](OCc2ccccc2)[C@H](OCc2ccccc2)[C@@H]1OCc1ccccc1. The molecular formula is C39H39O7P. The Hall–Kier alpha value is -4.07. The van der Waals surface area contributed by atoms with E-state index >= 15 is 0 Å². The Morgan fingerprint density at radius 1 is 0.468 bits per heavy atom. The second kappa shape index (κ2) is 17.2. The molecule has 0 radical (unpaired) electrons. The van der Waals surface area contributed by atoms with Crippen LogP contribution < -0.4 is 9.05 Å². The summed E-state index contributed by atoms with van der Waals surface area (Å²) < 4.78 is 45.7. The minimum Gasteiger partial charge on any atom is -0.418 e. The van der Waals surface area contributed by atoms with Crippen molar-refractivity contribution in [3.63, 3.8) is 0 Å². The molecule has 6 rings (SSSR count). The number of rotatable bonds is 15. The summed E-state index contributed by atoms with van der Waals surface area (Å²) in [6, 6.07) is 49.0. The Kier molecular flexibility index (Phi) is 12.0. The van der Waals surface area contributed by atoms with Gasteiger partial charge in [-0.2, -0.15) is 0 Å². The van der Waals surface area contributed by atoms with Crippen LogP contribution in [-0.4, -0.2) is 30.7 Å². The molecule has 1 fully saturated rings. The molecule has 0 amide bonds. The fourth-order valence-electron chi connectivity index (χ4n) is 5.24. The largest absolute Gasteiger partial charge is 0.465 e. The van der Waals surface area contributed by atoms with Crippen LogP contribution in [0.5, 0.6) is 11.5 Å². The average molecular weight is 651 g/mol. The molecule has 5 aromatic rings. The average Bonchev–Trinajstić information content (AvgIpc) is 3.12. The smallest absolute Gasteiger partial charge is 0.418 e. The van der Waals surface area contributed by atoms with Crippen molar-refractivity contribution in [2.24, 2.45) is 0 Å². The molecule has 1 aliphatic heterocycles. The normalized spacial score (nSPS) is 20.9. The molecule has 5 aromatic carbocycles. The monoisotopic (exact) mass is 650 g/mol. The predicted octanol–water partition coefficient (Wildman–Crippen LogP) is 8.89. The van der Waals surface area contributed by atoms with Gasteiger partial charge in [-0.15, -0.1) is 0 Å². The first-order valence-electron chi connectivity index (χ1n) is 15.8. The molecular weight excluding hydrogens is 611 g/mol. The Balaban J connectivity index is 1.30. The highest BCUT2D eigenvalue weighted by Gasteiger charge is 2.49. The quantitative estimate of drug-likeness (QED) is 0.105. The first kappa shape index (κ1) is 32.9. The number of benzene rings is 5. The Morgan fingerprint density at radius 2 is 0.830 bits per heavy atom. The lowest BCUT2D eigenvalue weighted by atomic mass is 9.98. The number of hydrogen-bond acceptors (Lipinski definition) is 7. The van der Waals surface area contributed by atoms with Gasteiger partial charge < -0.3 is 28.0 Å². The van der Waals surface area contributed by atoms with Crippen molar-refractivity contribution >= 4 is 8.60 Å². The molecule has 1 saturated heterocycles. The molecule has 0 aromatic heterocycles. The fraction of sp³-hybridized carbons (Fsp3) is 0.231. The van der Waals surface area contributed by atoms with Crippen LogP contribution in [0.1, 0.15) is 23.6 Å². The number of hydrogen-bond donors (Lipinski definition) is 0. The van der Waals surface area contributed by atoms with Gasteiger partial charge in [-0.3, -0.25) is 4.52 Å². The van der Waals surface area contributed by atoms with E-state index in [1.165, 1.54) is 0 Å². The predicted molar refractivity (Wildman–Crippen MR) is 182 cm³/mol. The third-order valence-electron chi connectivity index (χ3n) is 7.62. The van der Waals surface area contributed by atoms with Gasteiger partial charge in [-0.05, 0) is 47.9 Å². The van der Waals surface area contributed by atoms with E-state index < -0.39 is 39.3 Å². The molecule has 0 N–H and O–H groups in total. The molecule has 1 heterocycles. The second-order valence-electron chi connectivity index (χ2n) is 11.1. The summed E-state index contributed by atoms with van der Waals surface area (Å²) in [6.07, 6.45) is -3.02. The van der Waals surface area contributed by atoms with Gasteiger partial charge in [-0.25, -0.2) is 0 Å². The van der Waals surface area contributed by atoms with E-state index in [-0.39, 0.29) is 0 Å². The van der Waals surface area contributed by atoms with Crippen LogP contribution in [0.3, 0.4) is 0 Å². The van der Waals surface area contributed by atoms with Crippen LogP contribution in [0.4, 0.5) is 0 Å². The third kappa shape index (κ3) is 9.72. The lowest BCUT2D eigenvalue weighted by Crippen LogP contribution is -2.59. The van der Waals surface area contributed by atoms with Crippen molar-refractivity contribution in [3.05, 3.63) is 168 Å². The first-order valence-corrected chi connectivity index (χ1v) is 16.9. The third-order valence-corrected chi connectivity index (χ3v) is 8.72. The topological polar surface area (TPSA) is 64.6 Å². The minimum atomic E-state index is -1.98. The van der Waals surface area contributed by atoms with Crippen LogP contribution in [0, 0.1) is 0 Å². The van der Waals surface area contributed by atoms with Gasteiger partial charge in [-0.1, -0.05) is 127 Å². The van der Waals surface area contributed by atoms with Gasteiger partial charge >= 0.3 is 8.60 Å². The van der Waals surface area contributed by atoms with E-state index in [1.54, 1.807) is 0 Å². The van der Waals surface area contributed by atoms with Gasteiger partial charge in [0, 0.05) is 0 Å². The molecule has 8 heteroatoms. The molecule has 0 spiro atoms. The van der Waals surface area contributed by atoms with Gasteiger partial charge in [0.2, 0.25) is 0 Å². The van der Waals surface area contributed by atoms with Gasteiger partial charge in [0.1, 0.15) is 29.8 Å². The molecule has 0 unspecified atom stereocenters. The molecule has 5 atom stereocenters. The number of para-hydroxylation sites is 2. The van der Waals surface area contributed by atoms with Crippen LogP contribution in [-0.2, 0) is 43.3 Å². The van der Waals surface area contributed by atoms with E-state index in [0.717, 1.165) is 16.7 Å². The van der Waals surface area contributed by atoms with Crippen LogP contribution in [0.25, 0.3) is 0 Å². The fourth-order valence-corrected chi connectivity index (χ4v) is 6.29. The van der Waals surface area contributed by atoms with Gasteiger partial charge in [0.15, 0.2) is 6.29 Å². The molecule has 0 bridgehead atoms. The van der Waals surface area contributed by atoms with E-state index in [0.29, 0.717) is 31.3 Å². The maximum Gasteiger partial charge on any atom is 0.465 e. The summed E-state index contributed by atoms with van der Waals surface area (Å²) in [4.78, 5) is 0. The first-order chi connectivity index (χ1) is 23.2. The molecule has 1 aliphatic rings. The van der Waals surface area contributed by atoms with Crippen LogP contribution >= 0.6 is 8.60 Å². The summed E-state index contributed by atoms with van der Waals surface area (Å²) in [6.45, 7) is 3.03. The standard InChI is InChI=1S/C39H39O7P/c1-30-36(40-27-31-17-7-2-8-18-31)37(41-28-32-19-9-3-10-20-32)38(42-29-33-21-11-4-12-22-33)39(43-30)46-47(44-34-23-13-5-14-24-34)45-35-25-15-6-16-26-35/h2-26,30,36-39H,27-29H2,1H3/t30-,36+,37+,38-,39+/m0/s1. The van der Waals surface area contributed by atoms with Crippen LogP contribution in [0.15, 0.2) is 152 Å². The van der Waals surface area contributed by atoms with Crippen molar-refractivity contribution in [1.29, 1.82) is 0 Å². The minimum absolute atomic E-state index is 0.316. The van der Waals surface area contributed by atoms with E-state index in [4.69, 9.17) is 32.5 Å². The lowest BCUT2D eigenvalue weighted by Gasteiger charge is -2.45. The summed E-state index contributed by atoms with van der Waals surface area (Å²) >= 11 is 0. The molecule has 47 heavy (non-hydrogen) atoms. The Morgan fingerprint density at radius 3 is 1.26 bits per heavy atom. The van der Waals surface area contributed by atoms with E-state index in [1.807, 2.05) is 159 Å². The second-order valence-corrected chi connectivity index (χ2v) is 12.2. The maximum atomic E-state index is 6.71. The summed E-state index contributed by atoms with van der Waals surface area (Å²) in [5.41, 5.74) is 3.10. The van der Waals surface area contributed by atoms with Crippen molar-refractivity contribution in [3.8, 4) is 11.5 Å². The van der Waals surface area contributed by atoms with Gasteiger partial charge in [0.05, 0.1) is 25.9 Å². The highest BCUT2D eigenvalue weighted by Crippen LogP contribution is 2.45. The summed E-state index contributed by atoms with van der Waals surface area (Å²) in [5.74, 6) is 1.22. The zero-order valence-corrected chi connectivity index (χ0v) is 27.1. The number of ether oxygens (including phenoxy) is 4. The van der Waals surface area contributed by atoms with Crippen molar-refractivity contribution in [2.45, 2.75) is 57.5 Å².